The van der Waals surface area contributed by atoms with Gasteiger partial charge in [-0.1, -0.05) is 208 Å². The first-order valence-corrected chi connectivity index (χ1v) is 21.2. The minimum absolute atomic E-state index is 0.160. The quantitative estimate of drug-likeness (QED) is 0.174. The Morgan fingerprint density at radius 1 is 0.328 bits per heavy atom. The predicted octanol–water partition coefficient (Wildman–Crippen LogP) is 15.7. The molecular weight excluding hydrogens is 737 g/mol. The van der Waals surface area contributed by atoms with Crippen LogP contribution >= 0.6 is 0 Å². The summed E-state index contributed by atoms with van der Waals surface area (Å²) >= 11 is 0. The van der Waals surface area contributed by atoms with Gasteiger partial charge in [0.1, 0.15) is 0 Å². The van der Waals surface area contributed by atoms with Gasteiger partial charge in [-0.05, 0) is 99.7 Å². The zero-order chi connectivity index (χ0) is 40.7. The van der Waals surface area contributed by atoms with Crippen molar-refractivity contribution in [1.82, 2.24) is 9.97 Å². The van der Waals surface area contributed by atoms with Crippen LogP contribution in [0.5, 0.6) is 0 Å². The molecular formula is C59H40N2. The van der Waals surface area contributed by atoms with Crippen molar-refractivity contribution >= 4 is 43.1 Å². The second-order valence-corrected chi connectivity index (χ2v) is 16.9. The summed E-state index contributed by atoms with van der Waals surface area (Å²) < 4.78 is 0. The van der Waals surface area contributed by atoms with Gasteiger partial charge in [-0.2, -0.15) is 0 Å². The van der Waals surface area contributed by atoms with Crippen LogP contribution in [-0.2, 0) is 5.41 Å². The Morgan fingerprint density at radius 2 is 0.852 bits per heavy atom. The highest BCUT2D eigenvalue weighted by atomic mass is 14.9. The fourth-order valence-corrected chi connectivity index (χ4v) is 10.2. The summed E-state index contributed by atoms with van der Waals surface area (Å²) in [7, 11) is 0. The molecule has 0 saturated heterocycles. The maximum absolute atomic E-state index is 5.27. The predicted molar refractivity (Wildman–Crippen MR) is 257 cm³/mol. The SMILES string of the molecule is CC1(C)c2ccc3ccccc3c2-c2cccc(-c3ccc(-c4ccc(-c5cc(-c6ccc7ccccc7c6)nc(-c6ccccc6)n5)c5ccccc45)c4ccccc34)c21. The topological polar surface area (TPSA) is 25.8 Å². The molecule has 0 bridgehead atoms. The zero-order valence-corrected chi connectivity index (χ0v) is 34.0. The molecule has 1 aromatic heterocycles. The van der Waals surface area contributed by atoms with Crippen molar-refractivity contribution in [2.75, 3.05) is 0 Å². The highest BCUT2D eigenvalue weighted by Gasteiger charge is 2.38. The summed E-state index contributed by atoms with van der Waals surface area (Å²) in [6.45, 7) is 4.79. The summed E-state index contributed by atoms with van der Waals surface area (Å²) in [6.07, 6.45) is 0. The van der Waals surface area contributed by atoms with Gasteiger partial charge in [-0.15, -0.1) is 0 Å². The van der Waals surface area contributed by atoms with Crippen LogP contribution in [0.3, 0.4) is 0 Å². The molecule has 0 radical (unpaired) electrons. The van der Waals surface area contributed by atoms with E-state index in [9.17, 15) is 0 Å². The summed E-state index contributed by atoms with van der Waals surface area (Å²) in [6, 6.07) is 74.9. The van der Waals surface area contributed by atoms with E-state index in [0.717, 1.165) is 33.5 Å². The monoisotopic (exact) mass is 776 g/mol. The second-order valence-electron chi connectivity index (χ2n) is 16.9. The van der Waals surface area contributed by atoms with Crippen molar-refractivity contribution in [3.8, 4) is 67.3 Å². The fourth-order valence-electron chi connectivity index (χ4n) is 10.2. The van der Waals surface area contributed by atoms with Gasteiger partial charge >= 0.3 is 0 Å². The van der Waals surface area contributed by atoms with E-state index in [2.05, 4.69) is 202 Å². The Kier molecular flexibility index (Phi) is 7.92. The molecule has 0 atom stereocenters. The van der Waals surface area contributed by atoms with Gasteiger partial charge in [0.25, 0.3) is 0 Å². The van der Waals surface area contributed by atoms with Crippen molar-refractivity contribution in [2.24, 2.45) is 0 Å². The molecule has 1 heterocycles. The molecule has 1 aliphatic rings. The summed E-state index contributed by atoms with van der Waals surface area (Å²) in [4.78, 5) is 10.4. The van der Waals surface area contributed by atoms with Gasteiger partial charge in [0.15, 0.2) is 5.82 Å². The lowest BCUT2D eigenvalue weighted by Gasteiger charge is -2.25. The minimum Gasteiger partial charge on any atom is -0.228 e. The third-order valence-electron chi connectivity index (χ3n) is 13.1. The van der Waals surface area contributed by atoms with E-state index in [0.29, 0.717) is 5.82 Å². The van der Waals surface area contributed by atoms with E-state index < -0.39 is 0 Å². The zero-order valence-electron chi connectivity index (χ0n) is 34.0. The Balaban J connectivity index is 1.02. The van der Waals surface area contributed by atoms with Crippen molar-refractivity contribution in [2.45, 2.75) is 19.3 Å². The van der Waals surface area contributed by atoms with Gasteiger partial charge in [-0.25, -0.2) is 9.97 Å². The maximum Gasteiger partial charge on any atom is 0.160 e. The van der Waals surface area contributed by atoms with Crippen LogP contribution in [-0.4, -0.2) is 9.97 Å². The highest BCUT2D eigenvalue weighted by Crippen LogP contribution is 2.55. The first-order valence-electron chi connectivity index (χ1n) is 21.2. The molecule has 11 aromatic rings. The normalized spacial score (nSPS) is 12.9. The van der Waals surface area contributed by atoms with Crippen LogP contribution in [0.15, 0.2) is 206 Å². The molecule has 286 valence electrons. The largest absolute Gasteiger partial charge is 0.228 e. The Labute approximate surface area is 355 Å². The van der Waals surface area contributed by atoms with E-state index in [-0.39, 0.29) is 5.41 Å². The lowest BCUT2D eigenvalue weighted by atomic mass is 9.78. The molecule has 1 aliphatic carbocycles. The summed E-state index contributed by atoms with van der Waals surface area (Å²) in [5.41, 5.74) is 15.3. The molecule has 0 N–H and O–H groups in total. The van der Waals surface area contributed by atoms with E-state index in [4.69, 9.17) is 9.97 Å². The number of benzene rings is 10. The first-order chi connectivity index (χ1) is 30.0. The third-order valence-corrected chi connectivity index (χ3v) is 13.1. The first kappa shape index (κ1) is 35.3. The smallest absolute Gasteiger partial charge is 0.160 e. The van der Waals surface area contributed by atoms with Crippen molar-refractivity contribution in [3.05, 3.63) is 217 Å². The van der Waals surface area contributed by atoms with Crippen LogP contribution < -0.4 is 0 Å². The molecule has 0 spiro atoms. The Hall–Kier alpha value is -7.68. The number of aromatic nitrogens is 2. The molecule has 12 rings (SSSR count). The molecule has 0 saturated carbocycles. The minimum atomic E-state index is -0.160. The molecule has 0 fully saturated rings. The standard InChI is InChI=1S/C59H40N2/c1-59(2)53-34-29-38-16-8-9-20-42(38)56(53)52-26-14-25-51(57(52)59)49-31-30-47(43-21-10-11-22-44(43)49)48-32-33-50(46-24-13-12-23-45(46)48)55-36-54(60-58(61-55)39-17-4-3-5-18-39)41-28-27-37-15-6-7-19-40(37)35-41/h3-36H,1-2H3. The van der Waals surface area contributed by atoms with Crippen molar-refractivity contribution in [1.29, 1.82) is 0 Å². The number of hydrogen-bond acceptors (Lipinski definition) is 2. The van der Waals surface area contributed by atoms with E-state index in [1.807, 2.05) is 18.2 Å². The summed E-state index contributed by atoms with van der Waals surface area (Å²) in [5.74, 6) is 0.711. The molecule has 2 nitrogen and oxygen atoms in total. The fraction of sp³-hybridized carbons (Fsp3) is 0.0508. The summed E-state index contributed by atoms with van der Waals surface area (Å²) in [5, 5.41) is 9.84. The van der Waals surface area contributed by atoms with Gasteiger partial charge in [0.05, 0.1) is 11.4 Å². The van der Waals surface area contributed by atoms with Gasteiger partial charge in [0, 0.05) is 22.1 Å². The average molecular weight is 777 g/mol. The molecule has 10 aromatic carbocycles. The number of hydrogen-bond donors (Lipinski definition) is 0. The van der Waals surface area contributed by atoms with Crippen molar-refractivity contribution < 1.29 is 0 Å². The number of fused-ring (bicyclic) bond motifs is 8. The average Bonchev–Trinajstić information content (AvgIpc) is 3.57. The molecule has 0 aliphatic heterocycles. The Morgan fingerprint density at radius 3 is 1.56 bits per heavy atom. The lowest BCUT2D eigenvalue weighted by Crippen LogP contribution is -2.16. The van der Waals surface area contributed by atoms with Crippen LogP contribution in [0, 0.1) is 0 Å². The van der Waals surface area contributed by atoms with Crippen LogP contribution in [0.25, 0.3) is 110 Å². The van der Waals surface area contributed by atoms with Gasteiger partial charge < -0.3 is 0 Å². The third kappa shape index (κ3) is 5.56. The number of rotatable bonds is 5. The van der Waals surface area contributed by atoms with E-state index in [1.54, 1.807) is 0 Å². The Bertz CT molecular complexity index is 3560. The molecule has 0 unspecified atom stereocenters. The highest BCUT2D eigenvalue weighted by molar-refractivity contribution is 6.13. The van der Waals surface area contributed by atoms with E-state index >= 15 is 0 Å². The number of nitrogens with zero attached hydrogens (tertiary/aromatic N) is 2. The van der Waals surface area contributed by atoms with Crippen LogP contribution in [0.1, 0.15) is 25.0 Å². The molecule has 2 heteroatoms. The molecule has 61 heavy (non-hydrogen) atoms. The van der Waals surface area contributed by atoms with Crippen LogP contribution in [0.2, 0.25) is 0 Å². The second kappa shape index (κ2) is 13.7. The van der Waals surface area contributed by atoms with Crippen molar-refractivity contribution in [3.63, 3.8) is 0 Å². The maximum atomic E-state index is 5.27. The molecule has 0 amide bonds. The lowest BCUT2D eigenvalue weighted by molar-refractivity contribution is 0.662. The van der Waals surface area contributed by atoms with E-state index in [1.165, 1.54) is 82.2 Å². The van der Waals surface area contributed by atoms with Gasteiger partial charge in [0.2, 0.25) is 0 Å². The van der Waals surface area contributed by atoms with Crippen LogP contribution in [0.4, 0.5) is 0 Å². The van der Waals surface area contributed by atoms with Gasteiger partial charge in [-0.3, -0.25) is 0 Å².